The molecule has 1 saturated heterocycles. The second-order valence-electron chi connectivity index (χ2n) is 5.24. The van der Waals surface area contributed by atoms with Crippen molar-refractivity contribution in [1.82, 2.24) is 10.2 Å². The molecule has 0 spiro atoms. The third kappa shape index (κ3) is 5.56. The van der Waals surface area contributed by atoms with Crippen LogP contribution in [-0.4, -0.2) is 43.0 Å². The van der Waals surface area contributed by atoms with E-state index >= 15 is 0 Å². The Hall–Kier alpha value is -1.75. The van der Waals surface area contributed by atoms with E-state index in [1.807, 2.05) is 4.90 Å². The number of ether oxygens (including phenoxy) is 1. The number of carbonyl (C=O) groups excluding carboxylic acids is 2. The van der Waals surface area contributed by atoms with Gasteiger partial charge in [-0.15, -0.1) is 0 Å². The number of benzene rings is 1. The predicted molar refractivity (Wildman–Crippen MR) is 85.0 cm³/mol. The highest BCUT2D eigenvalue weighted by molar-refractivity contribution is 6.30. The molecule has 0 unspecified atom stereocenters. The van der Waals surface area contributed by atoms with Gasteiger partial charge in [0.15, 0.2) is 0 Å². The molecule has 1 fully saturated rings. The Balaban J connectivity index is 1.52. The normalized spacial score (nSPS) is 14.2. The number of carbonyl (C=O) groups is 2. The van der Waals surface area contributed by atoms with Crippen LogP contribution >= 0.6 is 11.6 Å². The first-order valence-electron chi connectivity index (χ1n) is 7.58. The molecule has 1 aliphatic heterocycles. The van der Waals surface area contributed by atoms with E-state index in [1.165, 1.54) is 0 Å². The first-order chi connectivity index (χ1) is 10.6. The average Bonchev–Trinajstić information content (AvgIpc) is 2.91. The first kappa shape index (κ1) is 16.6. The SMILES string of the molecule is O=C(CCOc1ccc(Cl)cc1)NCCCN1CCCC1=O. The van der Waals surface area contributed by atoms with Crippen LogP contribution in [0.25, 0.3) is 0 Å². The van der Waals surface area contributed by atoms with Crippen molar-refractivity contribution in [3.05, 3.63) is 29.3 Å². The topological polar surface area (TPSA) is 58.6 Å². The number of nitrogens with zero attached hydrogens (tertiary/aromatic N) is 1. The quantitative estimate of drug-likeness (QED) is 0.746. The molecule has 0 aliphatic carbocycles. The number of amides is 2. The van der Waals surface area contributed by atoms with Gasteiger partial charge in [0, 0.05) is 31.1 Å². The third-order valence-corrected chi connectivity index (χ3v) is 3.76. The fraction of sp³-hybridized carbons (Fsp3) is 0.500. The van der Waals surface area contributed by atoms with Crippen LogP contribution < -0.4 is 10.1 Å². The first-order valence-corrected chi connectivity index (χ1v) is 7.96. The highest BCUT2D eigenvalue weighted by atomic mass is 35.5. The summed E-state index contributed by atoms with van der Waals surface area (Å²) in [5, 5.41) is 3.49. The van der Waals surface area contributed by atoms with Crippen LogP contribution in [0.1, 0.15) is 25.7 Å². The largest absolute Gasteiger partial charge is 0.493 e. The number of nitrogens with one attached hydrogen (secondary N) is 1. The molecule has 6 heteroatoms. The van der Waals surface area contributed by atoms with Gasteiger partial charge in [-0.05, 0) is 37.1 Å². The summed E-state index contributed by atoms with van der Waals surface area (Å²) in [5.41, 5.74) is 0. The van der Waals surface area contributed by atoms with Crippen LogP contribution in [0.2, 0.25) is 5.02 Å². The van der Waals surface area contributed by atoms with Crippen LogP contribution in [0.5, 0.6) is 5.75 Å². The van der Waals surface area contributed by atoms with Gasteiger partial charge in [0.1, 0.15) is 5.75 Å². The molecule has 0 bridgehead atoms. The molecule has 1 N–H and O–H groups in total. The molecule has 0 atom stereocenters. The Morgan fingerprint density at radius 1 is 1.32 bits per heavy atom. The minimum atomic E-state index is -0.0401. The van der Waals surface area contributed by atoms with E-state index in [9.17, 15) is 9.59 Å². The lowest BCUT2D eigenvalue weighted by Gasteiger charge is -2.15. The molecule has 0 saturated carbocycles. The van der Waals surface area contributed by atoms with Gasteiger partial charge in [-0.25, -0.2) is 0 Å². The summed E-state index contributed by atoms with van der Waals surface area (Å²) in [6.45, 7) is 2.49. The number of likely N-dealkylation sites (tertiary alicyclic amines) is 1. The van der Waals surface area contributed by atoms with E-state index in [4.69, 9.17) is 16.3 Å². The molecule has 1 aromatic carbocycles. The molecule has 22 heavy (non-hydrogen) atoms. The van der Waals surface area contributed by atoms with Gasteiger partial charge in [0.25, 0.3) is 0 Å². The predicted octanol–water partition coefficient (Wildman–Crippen LogP) is 2.24. The zero-order chi connectivity index (χ0) is 15.8. The Labute approximate surface area is 135 Å². The lowest BCUT2D eigenvalue weighted by atomic mass is 10.3. The molecule has 120 valence electrons. The zero-order valence-electron chi connectivity index (χ0n) is 12.5. The van der Waals surface area contributed by atoms with Crippen LogP contribution in [0.15, 0.2) is 24.3 Å². The zero-order valence-corrected chi connectivity index (χ0v) is 13.3. The van der Waals surface area contributed by atoms with Gasteiger partial charge in [0.2, 0.25) is 11.8 Å². The van der Waals surface area contributed by atoms with Crippen LogP contribution in [0.3, 0.4) is 0 Å². The molecule has 0 radical (unpaired) electrons. The van der Waals surface area contributed by atoms with E-state index < -0.39 is 0 Å². The van der Waals surface area contributed by atoms with Crippen molar-refractivity contribution in [2.45, 2.75) is 25.7 Å². The lowest BCUT2D eigenvalue weighted by molar-refractivity contribution is -0.127. The van der Waals surface area contributed by atoms with E-state index in [0.29, 0.717) is 36.8 Å². The molecule has 0 aromatic heterocycles. The summed E-state index contributed by atoms with van der Waals surface area (Å²) < 4.78 is 5.46. The minimum Gasteiger partial charge on any atom is -0.493 e. The van der Waals surface area contributed by atoms with E-state index in [0.717, 1.165) is 25.9 Å². The number of rotatable bonds is 8. The second-order valence-corrected chi connectivity index (χ2v) is 5.68. The van der Waals surface area contributed by atoms with E-state index in [1.54, 1.807) is 24.3 Å². The van der Waals surface area contributed by atoms with Crippen LogP contribution in [-0.2, 0) is 9.59 Å². The summed E-state index contributed by atoms with van der Waals surface area (Å²) >= 11 is 5.78. The lowest BCUT2D eigenvalue weighted by Crippen LogP contribution is -2.31. The molecular weight excluding hydrogens is 304 g/mol. The summed E-state index contributed by atoms with van der Waals surface area (Å²) in [7, 11) is 0. The average molecular weight is 325 g/mol. The van der Waals surface area contributed by atoms with Gasteiger partial charge in [-0.2, -0.15) is 0 Å². The maximum absolute atomic E-state index is 11.7. The van der Waals surface area contributed by atoms with Crippen molar-refractivity contribution in [1.29, 1.82) is 0 Å². The van der Waals surface area contributed by atoms with Gasteiger partial charge in [0.05, 0.1) is 13.0 Å². The third-order valence-electron chi connectivity index (χ3n) is 3.51. The fourth-order valence-electron chi connectivity index (χ4n) is 2.32. The van der Waals surface area contributed by atoms with Crippen LogP contribution in [0.4, 0.5) is 0 Å². The number of halogens is 1. The van der Waals surface area contributed by atoms with Crippen molar-refractivity contribution in [3.63, 3.8) is 0 Å². The summed E-state index contributed by atoms with van der Waals surface area (Å²) in [6.07, 6.45) is 2.71. The smallest absolute Gasteiger partial charge is 0.223 e. The summed E-state index contributed by atoms with van der Waals surface area (Å²) in [4.78, 5) is 24.9. The Morgan fingerprint density at radius 3 is 2.77 bits per heavy atom. The van der Waals surface area contributed by atoms with Crippen molar-refractivity contribution < 1.29 is 14.3 Å². The number of hydrogen-bond donors (Lipinski definition) is 1. The Kier molecular flexibility index (Phi) is 6.52. The standard InChI is InChI=1S/C16H21ClN2O3/c17-13-4-6-14(7-5-13)22-12-8-15(20)18-9-2-11-19-10-1-3-16(19)21/h4-7H,1-3,8-12H2,(H,18,20). The van der Waals surface area contributed by atoms with Gasteiger partial charge in [-0.1, -0.05) is 11.6 Å². The summed E-state index contributed by atoms with van der Waals surface area (Å²) in [6, 6.07) is 7.04. The molecular formula is C16H21ClN2O3. The highest BCUT2D eigenvalue weighted by Gasteiger charge is 2.18. The number of hydrogen-bond acceptors (Lipinski definition) is 3. The maximum atomic E-state index is 11.7. The summed E-state index contributed by atoms with van der Waals surface area (Å²) in [5.74, 6) is 0.883. The monoisotopic (exact) mass is 324 g/mol. The van der Waals surface area contributed by atoms with Gasteiger partial charge < -0.3 is 15.0 Å². The Bertz CT molecular complexity index is 505. The van der Waals surface area contributed by atoms with Gasteiger partial charge in [-0.3, -0.25) is 9.59 Å². The maximum Gasteiger partial charge on any atom is 0.223 e. The molecule has 2 amide bonds. The van der Waals surface area contributed by atoms with Gasteiger partial charge >= 0.3 is 0 Å². The van der Waals surface area contributed by atoms with E-state index in [-0.39, 0.29) is 11.8 Å². The molecule has 1 aromatic rings. The van der Waals surface area contributed by atoms with Crippen molar-refractivity contribution in [2.24, 2.45) is 0 Å². The molecule has 2 rings (SSSR count). The van der Waals surface area contributed by atoms with Crippen LogP contribution in [0, 0.1) is 0 Å². The van der Waals surface area contributed by atoms with E-state index in [2.05, 4.69) is 5.32 Å². The fourth-order valence-corrected chi connectivity index (χ4v) is 2.44. The minimum absolute atomic E-state index is 0.0401. The van der Waals surface area contributed by atoms with Crippen molar-refractivity contribution >= 4 is 23.4 Å². The highest BCUT2D eigenvalue weighted by Crippen LogP contribution is 2.15. The Morgan fingerprint density at radius 2 is 2.09 bits per heavy atom. The van der Waals surface area contributed by atoms with Crippen molar-refractivity contribution in [2.75, 3.05) is 26.2 Å². The molecule has 5 nitrogen and oxygen atoms in total. The molecule has 1 heterocycles. The second kappa shape index (κ2) is 8.63. The van der Waals surface area contributed by atoms with Crippen molar-refractivity contribution in [3.8, 4) is 5.75 Å². The molecule has 1 aliphatic rings.